The molecule has 1 rings (SSSR count). The lowest BCUT2D eigenvalue weighted by molar-refractivity contribution is -0.0119. The Bertz CT molecular complexity index is 1010. The van der Waals surface area contributed by atoms with Crippen LogP contribution in [0.4, 0.5) is 0 Å². The van der Waals surface area contributed by atoms with Gasteiger partial charge in [0.25, 0.3) is 10.1 Å². The Hall–Kier alpha value is -0.596. The van der Waals surface area contributed by atoms with Gasteiger partial charge in [-0.05, 0) is 67.2 Å². The van der Waals surface area contributed by atoms with E-state index in [0.29, 0.717) is 32.3 Å². The lowest BCUT2D eigenvalue weighted by Gasteiger charge is -2.41. The van der Waals surface area contributed by atoms with Crippen LogP contribution < -0.4 is 0 Å². The molecule has 0 saturated carbocycles. The van der Waals surface area contributed by atoms with Gasteiger partial charge >= 0.3 is 0 Å². The monoisotopic (exact) mass is 725 g/mol. The molecule has 0 N–H and O–H groups in total. The van der Waals surface area contributed by atoms with E-state index in [1.54, 1.807) is 24.3 Å². The Kier molecular flexibility index (Phi) is 26.9. The van der Waals surface area contributed by atoms with Crippen LogP contribution in [0, 0.1) is 18.8 Å². The summed E-state index contributed by atoms with van der Waals surface area (Å²) < 4.78 is 53.2. The van der Waals surface area contributed by atoms with E-state index in [1.165, 1.54) is 0 Å². The van der Waals surface area contributed by atoms with Crippen molar-refractivity contribution in [1.29, 1.82) is 0 Å². The molecule has 1 aromatic rings. The van der Waals surface area contributed by atoms with Gasteiger partial charge in [0.1, 0.15) is 0 Å². The summed E-state index contributed by atoms with van der Waals surface area (Å²) >= 11 is 0. The van der Waals surface area contributed by atoms with Crippen LogP contribution in [0.1, 0.15) is 110 Å². The standard InChI is InChI=1S/C22H50O4Si2.C12H18O3S.3CH4/c1-13-19(2)16-23-14-15-24-17-20(26-28(11,12)22(6,7)8)18-25-27(9,10)21(3,4)5;1-4-10(2)9-15-16(13,14)12-7-5-11(3)6-8-12;;;/h19-20H,13-18H2,1-12H3;5-8,10H,4,9H2,1-3H3;3*1H4. The third-order valence-corrected chi connectivity index (χ3v) is 19.3. The first-order valence-corrected chi connectivity index (χ1v) is 23.6. The highest BCUT2D eigenvalue weighted by Crippen LogP contribution is 2.39. The van der Waals surface area contributed by atoms with E-state index >= 15 is 0 Å². The second kappa shape index (κ2) is 23.7. The predicted molar refractivity (Wildman–Crippen MR) is 210 cm³/mol. The zero-order valence-corrected chi connectivity index (χ0v) is 33.8. The van der Waals surface area contributed by atoms with Crippen molar-refractivity contribution in [3.63, 3.8) is 0 Å². The lowest BCUT2D eigenvalue weighted by Crippen LogP contribution is -2.49. The Morgan fingerprint density at radius 2 is 1.11 bits per heavy atom. The second-order valence-corrected chi connectivity index (χ2v) is 26.5. The largest absolute Gasteiger partial charge is 0.414 e. The number of hydrogen-bond donors (Lipinski definition) is 0. The molecular weight excluding hydrogens is 645 g/mol. The van der Waals surface area contributed by atoms with Gasteiger partial charge in [-0.25, -0.2) is 0 Å². The molecule has 0 amide bonds. The van der Waals surface area contributed by atoms with Gasteiger partial charge in [0.15, 0.2) is 16.6 Å². The molecule has 0 spiro atoms. The van der Waals surface area contributed by atoms with Crippen molar-refractivity contribution < 1.29 is 30.9 Å². The van der Waals surface area contributed by atoms with Crippen LogP contribution in [0.15, 0.2) is 29.2 Å². The maximum Gasteiger partial charge on any atom is 0.296 e. The van der Waals surface area contributed by atoms with Gasteiger partial charge < -0.3 is 18.3 Å². The fourth-order valence-electron chi connectivity index (χ4n) is 3.06. The van der Waals surface area contributed by atoms with Crippen LogP contribution in [0.5, 0.6) is 0 Å². The van der Waals surface area contributed by atoms with E-state index < -0.39 is 26.8 Å². The molecule has 1 aromatic carbocycles. The molecule has 0 aromatic heterocycles. The molecule has 0 heterocycles. The van der Waals surface area contributed by atoms with Gasteiger partial charge in [-0.1, -0.05) is 122 Å². The van der Waals surface area contributed by atoms with Crippen molar-refractivity contribution in [3.8, 4) is 0 Å². The van der Waals surface area contributed by atoms with Crippen molar-refractivity contribution >= 4 is 26.8 Å². The van der Waals surface area contributed by atoms with E-state index in [4.69, 9.17) is 22.5 Å². The summed E-state index contributed by atoms with van der Waals surface area (Å²) in [7, 11) is -7.27. The molecule has 0 aliphatic rings. The van der Waals surface area contributed by atoms with Crippen LogP contribution >= 0.6 is 0 Å². The number of hydrogen-bond acceptors (Lipinski definition) is 7. The Balaban J connectivity index is -0.000000416. The van der Waals surface area contributed by atoms with Gasteiger partial charge in [-0.3, -0.25) is 4.18 Å². The first-order valence-electron chi connectivity index (χ1n) is 16.4. The Morgan fingerprint density at radius 3 is 1.53 bits per heavy atom. The van der Waals surface area contributed by atoms with E-state index in [2.05, 4.69) is 81.6 Å². The summed E-state index contributed by atoms with van der Waals surface area (Å²) in [5.41, 5.74) is 1.03. The van der Waals surface area contributed by atoms with Crippen molar-refractivity contribution in [1.82, 2.24) is 0 Å². The number of aryl methyl sites for hydroxylation is 1. The smallest absolute Gasteiger partial charge is 0.296 e. The third-order valence-electron chi connectivity index (χ3n) is 8.99. The molecule has 10 heteroatoms. The third kappa shape index (κ3) is 21.3. The normalized spacial score (nSPS) is 14.4. The summed E-state index contributed by atoms with van der Waals surface area (Å²) in [6.07, 6.45) is 2.03. The highest BCUT2D eigenvalue weighted by molar-refractivity contribution is 7.86. The van der Waals surface area contributed by atoms with Gasteiger partial charge in [0.05, 0.1) is 44.0 Å². The van der Waals surface area contributed by atoms with E-state index in [9.17, 15) is 8.42 Å². The van der Waals surface area contributed by atoms with E-state index in [1.807, 2.05) is 20.8 Å². The molecule has 0 bridgehead atoms. The second-order valence-electron chi connectivity index (χ2n) is 15.3. The number of benzene rings is 1. The van der Waals surface area contributed by atoms with Crippen LogP contribution in [-0.2, 0) is 32.6 Å². The highest BCUT2D eigenvalue weighted by Gasteiger charge is 2.41. The first-order chi connectivity index (χ1) is 20.0. The Morgan fingerprint density at radius 1 is 0.681 bits per heavy atom. The van der Waals surface area contributed by atoms with Crippen LogP contribution in [-0.4, -0.2) is 70.8 Å². The summed E-state index contributed by atoms with van der Waals surface area (Å²) in [4.78, 5) is 0.224. The zero-order chi connectivity index (χ0) is 34.4. The first kappa shape index (κ1) is 53.2. The van der Waals surface area contributed by atoms with E-state index in [-0.39, 0.29) is 55.9 Å². The fourth-order valence-corrected chi connectivity index (χ4v) is 6.43. The minimum absolute atomic E-state index is 0. The summed E-state index contributed by atoms with van der Waals surface area (Å²) in [5.74, 6) is 0.855. The molecule has 0 fully saturated rings. The molecule has 47 heavy (non-hydrogen) atoms. The molecule has 0 aliphatic heterocycles. The zero-order valence-electron chi connectivity index (χ0n) is 31.0. The quantitative estimate of drug-likeness (QED) is 0.0847. The molecular formula is C37H80O7SSi2. The molecule has 0 saturated heterocycles. The highest BCUT2D eigenvalue weighted by atomic mass is 32.2. The summed E-state index contributed by atoms with van der Waals surface area (Å²) in [5, 5.41) is 0.362. The molecule has 0 radical (unpaired) electrons. The van der Waals surface area contributed by atoms with Crippen LogP contribution in [0.2, 0.25) is 36.3 Å². The summed E-state index contributed by atoms with van der Waals surface area (Å²) in [6.45, 7) is 36.5. The maximum absolute atomic E-state index is 11.7. The van der Waals surface area contributed by atoms with Crippen molar-refractivity contribution in [2.24, 2.45) is 11.8 Å². The van der Waals surface area contributed by atoms with Gasteiger partial charge in [0, 0.05) is 6.61 Å². The summed E-state index contributed by atoms with van der Waals surface area (Å²) in [6, 6.07) is 6.67. The average Bonchev–Trinajstić information content (AvgIpc) is 2.91. The average molecular weight is 725 g/mol. The SMILES string of the molecule is C.C.C.CCC(C)COCCOCC(CO[Si](C)(C)C(C)(C)C)O[Si](C)(C)C(C)(C)C.CCC(C)COS(=O)(=O)c1ccc(C)cc1. The minimum Gasteiger partial charge on any atom is -0.414 e. The number of ether oxygens (including phenoxy) is 2. The molecule has 284 valence electrons. The van der Waals surface area contributed by atoms with E-state index in [0.717, 1.165) is 25.0 Å². The Labute approximate surface area is 296 Å². The van der Waals surface area contributed by atoms with Crippen LogP contribution in [0.3, 0.4) is 0 Å². The van der Waals surface area contributed by atoms with Crippen molar-refractivity contribution in [2.75, 3.05) is 39.6 Å². The van der Waals surface area contributed by atoms with Gasteiger partial charge in [0.2, 0.25) is 0 Å². The maximum atomic E-state index is 11.7. The molecule has 3 atom stereocenters. The topological polar surface area (TPSA) is 80.3 Å². The molecule has 3 unspecified atom stereocenters. The molecule has 0 aliphatic carbocycles. The van der Waals surface area contributed by atoms with Gasteiger partial charge in [-0.15, -0.1) is 0 Å². The fraction of sp³-hybridized carbons (Fsp3) is 0.838. The van der Waals surface area contributed by atoms with Crippen molar-refractivity contribution in [3.05, 3.63) is 29.8 Å². The number of rotatable bonds is 18. The van der Waals surface area contributed by atoms with Gasteiger partial charge in [-0.2, -0.15) is 8.42 Å². The van der Waals surface area contributed by atoms with Crippen LogP contribution in [0.25, 0.3) is 0 Å². The predicted octanol–water partition coefficient (Wildman–Crippen LogP) is 11.1. The molecule has 7 nitrogen and oxygen atoms in total. The minimum atomic E-state index is -3.58. The van der Waals surface area contributed by atoms with Crippen molar-refractivity contribution in [2.45, 2.75) is 159 Å². The lowest BCUT2D eigenvalue weighted by atomic mass is 10.1.